The van der Waals surface area contributed by atoms with Gasteiger partial charge in [-0.25, -0.2) is 0 Å². The first-order valence-electron chi connectivity index (χ1n) is 7.08. The molecule has 2 rings (SSSR count). The van der Waals surface area contributed by atoms with E-state index in [0.29, 0.717) is 5.54 Å². The molecule has 0 aromatic heterocycles. The molecule has 0 amide bonds. The van der Waals surface area contributed by atoms with E-state index in [1.807, 2.05) is 0 Å². The Hall–Kier alpha value is -0.560. The molecule has 0 aromatic rings. The van der Waals surface area contributed by atoms with Gasteiger partial charge >= 0.3 is 0 Å². The van der Waals surface area contributed by atoms with E-state index < -0.39 is 0 Å². The van der Waals surface area contributed by atoms with E-state index >= 15 is 0 Å². The van der Waals surface area contributed by atoms with E-state index in [-0.39, 0.29) is 0 Å². The van der Waals surface area contributed by atoms with Crippen LogP contribution in [0, 0.1) is 5.92 Å². The van der Waals surface area contributed by atoms with Crippen molar-refractivity contribution in [1.29, 1.82) is 0 Å². The quantitative estimate of drug-likeness (QED) is 0.657. The highest BCUT2D eigenvalue weighted by Gasteiger charge is 2.29. The van der Waals surface area contributed by atoms with Gasteiger partial charge in [-0.1, -0.05) is 31.1 Å². The molecule has 96 valence electrons. The third-order valence-electron chi connectivity index (χ3n) is 4.40. The van der Waals surface area contributed by atoms with Crippen molar-refractivity contribution in [2.45, 2.75) is 59.4 Å². The molecule has 1 nitrogen and oxygen atoms in total. The molecule has 0 spiro atoms. The Kier molecular flexibility index (Phi) is 3.49. The topological polar surface area (TPSA) is 3.24 Å². The standard InChI is InChI=1S/C16H27N/c1-6-13-10-15-11-17(16(3,4)5)8-7-14(15)9-12(13)2/h10,12H,6-9,11H2,1-5H3. The Morgan fingerprint density at radius 1 is 1.35 bits per heavy atom. The minimum absolute atomic E-state index is 0.307. The summed E-state index contributed by atoms with van der Waals surface area (Å²) in [6, 6.07) is 0. The van der Waals surface area contributed by atoms with Gasteiger partial charge in [0.25, 0.3) is 0 Å². The summed E-state index contributed by atoms with van der Waals surface area (Å²) in [6.45, 7) is 14.1. The molecule has 2 aliphatic rings. The fourth-order valence-corrected chi connectivity index (χ4v) is 3.10. The molecule has 1 heteroatoms. The number of allylic oxidation sites excluding steroid dienone is 1. The average molecular weight is 233 g/mol. The zero-order chi connectivity index (χ0) is 12.6. The van der Waals surface area contributed by atoms with Crippen molar-refractivity contribution in [3.05, 3.63) is 22.8 Å². The van der Waals surface area contributed by atoms with E-state index in [2.05, 4.69) is 45.6 Å². The molecule has 1 unspecified atom stereocenters. The van der Waals surface area contributed by atoms with Gasteiger partial charge in [0, 0.05) is 18.6 Å². The highest BCUT2D eigenvalue weighted by atomic mass is 15.2. The summed E-state index contributed by atoms with van der Waals surface area (Å²) in [6.07, 6.45) is 6.31. The maximum absolute atomic E-state index is 2.62. The maximum Gasteiger partial charge on any atom is 0.0238 e. The summed E-state index contributed by atoms with van der Waals surface area (Å²) in [7, 11) is 0. The molecule has 1 atom stereocenters. The van der Waals surface area contributed by atoms with Crippen LogP contribution in [0.4, 0.5) is 0 Å². The molecule has 0 bridgehead atoms. The zero-order valence-corrected chi connectivity index (χ0v) is 12.1. The predicted octanol–water partition coefficient (Wildman–Crippen LogP) is 4.16. The predicted molar refractivity (Wildman–Crippen MR) is 75.1 cm³/mol. The lowest BCUT2D eigenvalue weighted by Crippen LogP contribution is -2.45. The molecular weight excluding hydrogens is 206 g/mol. The molecule has 0 fully saturated rings. The van der Waals surface area contributed by atoms with Gasteiger partial charge in [-0.05, 0) is 51.5 Å². The van der Waals surface area contributed by atoms with Gasteiger partial charge in [0.2, 0.25) is 0 Å². The van der Waals surface area contributed by atoms with Crippen LogP contribution in [0.25, 0.3) is 0 Å². The molecule has 0 saturated carbocycles. The Balaban J connectivity index is 2.19. The van der Waals surface area contributed by atoms with Crippen molar-refractivity contribution in [2.24, 2.45) is 5.92 Å². The molecule has 17 heavy (non-hydrogen) atoms. The Labute approximate surface area is 107 Å². The smallest absolute Gasteiger partial charge is 0.0238 e. The molecular formula is C16H27N. The Bertz CT molecular complexity index is 354. The van der Waals surface area contributed by atoms with E-state index in [1.165, 1.54) is 25.8 Å². The van der Waals surface area contributed by atoms with Crippen LogP contribution >= 0.6 is 0 Å². The second-order valence-corrected chi connectivity index (χ2v) is 6.65. The van der Waals surface area contributed by atoms with Crippen molar-refractivity contribution in [2.75, 3.05) is 13.1 Å². The monoisotopic (exact) mass is 233 g/mol. The second-order valence-electron chi connectivity index (χ2n) is 6.65. The third kappa shape index (κ3) is 2.65. The molecule has 1 aliphatic heterocycles. The first-order chi connectivity index (χ1) is 7.91. The Morgan fingerprint density at radius 2 is 2.06 bits per heavy atom. The van der Waals surface area contributed by atoms with Crippen LogP contribution in [-0.4, -0.2) is 23.5 Å². The van der Waals surface area contributed by atoms with Gasteiger partial charge in [-0.3, -0.25) is 4.90 Å². The normalized spacial score (nSPS) is 26.9. The largest absolute Gasteiger partial charge is 0.294 e. The van der Waals surface area contributed by atoms with E-state index in [4.69, 9.17) is 0 Å². The first kappa shape index (κ1) is 12.9. The van der Waals surface area contributed by atoms with Crippen LogP contribution in [0.3, 0.4) is 0 Å². The third-order valence-corrected chi connectivity index (χ3v) is 4.40. The van der Waals surface area contributed by atoms with E-state index in [0.717, 1.165) is 12.5 Å². The molecule has 1 heterocycles. The first-order valence-corrected chi connectivity index (χ1v) is 7.08. The fraction of sp³-hybridized carbons (Fsp3) is 0.750. The van der Waals surface area contributed by atoms with E-state index in [1.54, 1.807) is 16.7 Å². The van der Waals surface area contributed by atoms with Gasteiger partial charge in [0.15, 0.2) is 0 Å². The summed E-state index contributed by atoms with van der Waals surface area (Å²) in [4.78, 5) is 2.62. The number of hydrogen-bond donors (Lipinski definition) is 0. The number of rotatable bonds is 1. The van der Waals surface area contributed by atoms with Gasteiger partial charge in [0.05, 0.1) is 0 Å². The molecule has 1 aliphatic carbocycles. The SMILES string of the molecule is CCC1=CC2=C(CCN(C(C)(C)C)C2)CC1C. The number of nitrogens with zero attached hydrogens (tertiary/aromatic N) is 1. The summed E-state index contributed by atoms with van der Waals surface area (Å²) < 4.78 is 0. The molecule has 0 radical (unpaired) electrons. The summed E-state index contributed by atoms with van der Waals surface area (Å²) in [5.41, 5.74) is 5.32. The van der Waals surface area contributed by atoms with Gasteiger partial charge in [-0.15, -0.1) is 0 Å². The second kappa shape index (κ2) is 4.61. The lowest BCUT2D eigenvalue weighted by molar-refractivity contribution is 0.143. The lowest BCUT2D eigenvalue weighted by Gasteiger charge is -2.41. The highest BCUT2D eigenvalue weighted by molar-refractivity contribution is 5.37. The minimum atomic E-state index is 0.307. The summed E-state index contributed by atoms with van der Waals surface area (Å²) in [5.74, 6) is 0.778. The maximum atomic E-state index is 2.62. The summed E-state index contributed by atoms with van der Waals surface area (Å²) >= 11 is 0. The van der Waals surface area contributed by atoms with Crippen LogP contribution in [0.5, 0.6) is 0 Å². The average Bonchev–Trinajstić information content (AvgIpc) is 2.26. The summed E-state index contributed by atoms with van der Waals surface area (Å²) in [5, 5.41) is 0. The van der Waals surface area contributed by atoms with Gasteiger partial charge in [0.1, 0.15) is 0 Å². The van der Waals surface area contributed by atoms with Gasteiger partial charge < -0.3 is 0 Å². The van der Waals surface area contributed by atoms with Gasteiger partial charge in [-0.2, -0.15) is 0 Å². The Morgan fingerprint density at radius 3 is 2.65 bits per heavy atom. The van der Waals surface area contributed by atoms with Crippen molar-refractivity contribution in [3.63, 3.8) is 0 Å². The van der Waals surface area contributed by atoms with Crippen molar-refractivity contribution < 1.29 is 0 Å². The van der Waals surface area contributed by atoms with Crippen LogP contribution in [-0.2, 0) is 0 Å². The van der Waals surface area contributed by atoms with E-state index in [9.17, 15) is 0 Å². The molecule has 0 N–H and O–H groups in total. The highest BCUT2D eigenvalue weighted by Crippen LogP contribution is 2.36. The van der Waals surface area contributed by atoms with Crippen molar-refractivity contribution in [3.8, 4) is 0 Å². The van der Waals surface area contributed by atoms with Crippen molar-refractivity contribution >= 4 is 0 Å². The fourth-order valence-electron chi connectivity index (χ4n) is 3.10. The van der Waals surface area contributed by atoms with Crippen LogP contribution in [0.15, 0.2) is 22.8 Å². The number of hydrogen-bond acceptors (Lipinski definition) is 1. The zero-order valence-electron chi connectivity index (χ0n) is 12.1. The van der Waals surface area contributed by atoms with Crippen molar-refractivity contribution in [1.82, 2.24) is 4.90 Å². The van der Waals surface area contributed by atoms with Crippen LogP contribution < -0.4 is 0 Å². The molecule has 0 saturated heterocycles. The molecule has 0 aromatic carbocycles. The van der Waals surface area contributed by atoms with Crippen LogP contribution in [0.2, 0.25) is 0 Å². The minimum Gasteiger partial charge on any atom is -0.294 e. The lowest BCUT2D eigenvalue weighted by atomic mass is 9.80. The van der Waals surface area contributed by atoms with Crippen LogP contribution in [0.1, 0.15) is 53.9 Å².